The number of hydrogen-bond donors (Lipinski definition) is 0. The lowest BCUT2D eigenvalue weighted by molar-refractivity contribution is 0.565. The summed E-state index contributed by atoms with van der Waals surface area (Å²) in [6, 6.07) is 0. The highest BCUT2D eigenvalue weighted by atomic mass is 31.2. The highest BCUT2D eigenvalue weighted by Crippen LogP contribution is 2.48. The van der Waals surface area contributed by atoms with Gasteiger partial charge in [-0.05, 0) is 19.3 Å². The van der Waals surface area contributed by atoms with E-state index < -0.39 is 7.14 Å². The van der Waals surface area contributed by atoms with E-state index in [0.29, 0.717) is 0 Å². The Kier molecular flexibility index (Phi) is 12.0. The van der Waals surface area contributed by atoms with E-state index in [1.54, 1.807) is 0 Å². The summed E-state index contributed by atoms with van der Waals surface area (Å²) in [4.78, 5) is 0. The number of unbranched alkanes of at least 4 members (excludes halogenated alkanes) is 6. The highest BCUT2D eigenvalue weighted by Gasteiger charge is 2.19. The average molecular weight is 272 g/mol. The van der Waals surface area contributed by atoms with E-state index in [1.165, 1.54) is 38.5 Å². The minimum atomic E-state index is -1.89. The fourth-order valence-corrected chi connectivity index (χ4v) is 5.24. The Labute approximate surface area is 115 Å². The van der Waals surface area contributed by atoms with Gasteiger partial charge in [0, 0.05) is 18.5 Å². The van der Waals surface area contributed by atoms with Crippen LogP contribution in [0.15, 0.2) is 12.7 Å². The summed E-state index contributed by atoms with van der Waals surface area (Å²) in [6.07, 6.45) is 15.6. The van der Waals surface area contributed by atoms with E-state index in [-0.39, 0.29) is 0 Å². The van der Waals surface area contributed by atoms with Gasteiger partial charge < -0.3 is 4.57 Å². The maximum atomic E-state index is 12.9. The molecule has 0 saturated carbocycles. The Morgan fingerprint density at radius 2 is 1.33 bits per heavy atom. The van der Waals surface area contributed by atoms with Crippen molar-refractivity contribution in [3.05, 3.63) is 12.7 Å². The fraction of sp³-hybridized carbons (Fsp3) is 0.875. The molecule has 18 heavy (non-hydrogen) atoms. The van der Waals surface area contributed by atoms with Gasteiger partial charge in [-0.15, -0.1) is 6.58 Å². The van der Waals surface area contributed by atoms with E-state index in [9.17, 15) is 4.57 Å². The van der Waals surface area contributed by atoms with E-state index in [4.69, 9.17) is 0 Å². The maximum absolute atomic E-state index is 12.9. The monoisotopic (exact) mass is 272 g/mol. The quantitative estimate of drug-likeness (QED) is 0.225. The van der Waals surface area contributed by atoms with Crippen LogP contribution in [0.2, 0.25) is 0 Å². The van der Waals surface area contributed by atoms with Crippen molar-refractivity contribution in [2.24, 2.45) is 0 Å². The van der Waals surface area contributed by atoms with Gasteiger partial charge in [0.1, 0.15) is 0 Å². The minimum Gasteiger partial charge on any atom is -0.324 e. The number of hydrogen-bond acceptors (Lipinski definition) is 1. The smallest absolute Gasteiger partial charge is 0.0880 e. The molecule has 1 nitrogen and oxygen atoms in total. The highest BCUT2D eigenvalue weighted by molar-refractivity contribution is 7.63. The second-order valence-corrected chi connectivity index (χ2v) is 8.89. The molecule has 0 aromatic carbocycles. The van der Waals surface area contributed by atoms with E-state index in [0.717, 1.165) is 37.7 Å². The van der Waals surface area contributed by atoms with Crippen LogP contribution in [0.4, 0.5) is 0 Å². The summed E-state index contributed by atoms with van der Waals surface area (Å²) in [5.41, 5.74) is 0. The molecule has 0 unspecified atom stereocenters. The molecular weight excluding hydrogens is 239 g/mol. The molecular formula is C16H33OP. The maximum Gasteiger partial charge on any atom is 0.0880 e. The van der Waals surface area contributed by atoms with E-state index in [1.807, 2.05) is 6.08 Å². The van der Waals surface area contributed by atoms with Crippen LogP contribution in [0.3, 0.4) is 0 Å². The van der Waals surface area contributed by atoms with Crippen molar-refractivity contribution in [1.82, 2.24) is 0 Å². The standard InChI is InChI=1S/C16H33OP/c1-4-7-10-12-15-18(17,14-9-6-3)16-13-11-8-5-2/h6H,3-5,7-16H2,1-2H3. The SMILES string of the molecule is C=CCCP(=O)(CCCCCC)CCCCCC. The molecule has 0 aromatic heterocycles. The van der Waals surface area contributed by atoms with Crippen LogP contribution >= 0.6 is 7.14 Å². The molecule has 0 spiro atoms. The molecule has 0 radical (unpaired) electrons. The van der Waals surface area contributed by atoms with Gasteiger partial charge in [-0.3, -0.25) is 0 Å². The Hall–Kier alpha value is -0.0300. The van der Waals surface area contributed by atoms with Crippen molar-refractivity contribution in [3.63, 3.8) is 0 Å². The molecule has 0 atom stereocenters. The molecule has 0 bridgehead atoms. The summed E-state index contributed by atoms with van der Waals surface area (Å²) < 4.78 is 12.9. The third-order valence-corrected chi connectivity index (χ3v) is 6.91. The lowest BCUT2D eigenvalue weighted by Crippen LogP contribution is -2.01. The van der Waals surface area contributed by atoms with Gasteiger partial charge in [0.15, 0.2) is 0 Å². The minimum absolute atomic E-state index is 0.898. The van der Waals surface area contributed by atoms with Crippen LogP contribution in [-0.4, -0.2) is 18.5 Å². The number of allylic oxidation sites excluding steroid dienone is 1. The van der Waals surface area contributed by atoms with Crippen molar-refractivity contribution >= 4 is 7.14 Å². The van der Waals surface area contributed by atoms with E-state index >= 15 is 0 Å². The summed E-state index contributed by atoms with van der Waals surface area (Å²) in [7, 11) is -1.89. The predicted octanol–water partition coefficient (Wildman–Crippen LogP) is 6.09. The molecule has 0 N–H and O–H groups in total. The van der Waals surface area contributed by atoms with Crippen molar-refractivity contribution in [1.29, 1.82) is 0 Å². The first kappa shape index (κ1) is 18.0. The molecule has 0 aliphatic carbocycles. The van der Waals surface area contributed by atoms with Crippen LogP contribution in [0, 0.1) is 0 Å². The predicted molar refractivity (Wildman–Crippen MR) is 85.3 cm³/mol. The molecule has 2 heteroatoms. The van der Waals surface area contributed by atoms with Crippen LogP contribution in [0.25, 0.3) is 0 Å². The molecule has 0 fully saturated rings. The van der Waals surface area contributed by atoms with Crippen LogP contribution in [0.1, 0.15) is 71.6 Å². The van der Waals surface area contributed by atoms with Crippen LogP contribution in [0.5, 0.6) is 0 Å². The van der Waals surface area contributed by atoms with Gasteiger partial charge in [-0.1, -0.05) is 58.4 Å². The van der Waals surface area contributed by atoms with Gasteiger partial charge in [0.25, 0.3) is 0 Å². The topological polar surface area (TPSA) is 17.1 Å². The van der Waals surface area contributed by atoms with Crippen LogP contribution < -0.4 is 0 Å². The summed E-state index contributed by atoms with van der Waals surface area (Å²) in [6.45, 7) is 8.21. The average Bonchev–Trinajstić information content (AvgIpc) is 2.38. The van der Waals surface area contributed by atoms with Gasteiger partial charge >= 0.3 is 0 Å². The van der Waals surface area contributed by atoms with Crippen molar-refractivity contribution in [3.8, 4) is 0 Å². The molecule has 0 aromatic rings. The molecule has 108 valence electrons. The fourth-order valence-electron chi connectivity index (χ4n) is 2.32. The molecule has 0 amide bonds. The molecule has 0 heterocycles. The normalized spacial score (nSPS) is 11.7. The first-order chi connectivity index (χ1) is 8.68. The zero-order chi connectivity index (χ0) is 13.7. The third kappa shape index (κ3) is 9.95. The number of rotatable bonds is 13. The van der Waals surface area contributed by atoms with Crippen molar-refractivity contribution in [2.75, 3.05) is 18.5 Å². The molecule has 0 aliphatic heterocycles. The van der Waals surface area contributed by atoms with Gasteiger partial charge in [-0.25, -0.2) is 0 Å². The molecule has 0 rings (SSSR count). The van der Waals surface area contributed by atoms with Crippen molar-refractivity contribution < 1.29 is 4.57 Å². The van der Waals surface area contributed by atoms with Crippen LogP contribution in [-0.2, 0) is 4.57 Å². The molecule has 0 saturated heterocycles. The molecule has 0 aliphatic rings. The Morgan fingerprint density at radius 3 is 1.72 bits per heavy atom. The second-order valence-electron chi connectivity index (χ2n) is 5.43. The Morgan fingerprint density at radius 1 is 0.833 bits per heavy atom. The van der Waals surface area contributed by atoms with E-state index in [2.05, 4.69) is 20.4 Å². The Balaban J connectivity index is 3.98. The Bertz CT molecular complexity index is 219. The summed E-state index contributed by atoms with van der Waals surface area (Å²) in [5, 5.41) is 0. The third-order valence-electron chi connectivity index (χ3n) is 3.58. The first-order valence-corrected chi connectivity index (χ1v) is 10.1. The second kappa shape index (κ2) is 12.0. The zero-order valence-corrected chi connectivity index (χ0v) is 13.5. The summed E-state index contributed by atoms with van der Waals surface area (Å²) in [5.74, 6) is 0. The van der Waals surface area contributed by atoms with Gasteiger partial charge in [0.05, 0.1) is 7.14 Å². The largest absolute Gasteiger partial charge is 0.324 e. The zero-order valence-electron chi connectivity index (χ0n) is 12.6. The van der Waals surface area contributed by atoms with Gasteiger partial charge in [-0.2, -0.15) is 0 Å². The van der Waals surface area contributed by atoms with Gasteiger partial charge in [0.2, 0.25) is 0 Å². The van der Waals surface area contributed by atoms with Crippen molar-refractivity contribution in [2.45, 2.75) is 71.6 Å². The first-order valence-electron chi connectivity index (χ1n) is 7.86. The lowest BCUT2D eigenvalue weighted by atomic mass is 10.2. The lowest BCUT2D eigenvalue weighted by Gasteiger charge is -2.17. The summed E-state index contributed by atoms with van der Waals surface area (Å²) >= 11 is 0.